The monoisotopic (exact) mass is 520 g/mol. The van der Waals surface area contributed by atoms with Crippen molar-refractivity contribution in [1.29, 1.82) is 0 Å². The number of nitrogens with zero attached hydrogens (tertiary/aromatic N) is 1. The molecule has 7 nitrogen and oxygen atoms in total. The second-order valence-corrected chi connectivity index (χ2v) is 8.16. The van der Waals surface area contributed by atoms with Crippen LogP contribution in [0.2, 0.25) is 15.1 Å². The molecule has 0 aliphatic carbocycles. The Bertz CT molecular complexity index is 1230. The SMILES string of the molecule is COc1cc(/C=N\NC(=O)[C@@H](C)Oc2cccc(Cl)c2)ccc1OC(=O)c1ccc(Cl)cc1Cl. The van der Waals surface area contributed by atoms with Crippen molar-refractivity contribution in [3.8, 4) is 17.2 Å². The molecule has 34 heavy (non-hydrogen) atoms. The van der Waals surface area contributed by atoms with Crippen LogP contribution in [0.4, 0.5) is 0 Å². The highest BCUT2D eigenvalue weighted by molar-refractivity contribution is 6.36. The normalized spacial score (nSPS) is 11.7. The molecular formula is C24H19Cl3N2O5. The van der Waals surface area contributed by atoms with Crippen molar-refractivity contribution in [2.75, 3.05) is 7.11 Å². The average Bonchev–Trinajstić information content (AvgIpc) is 2.79. The molecule has 1 atom stereocenters. The Labute approximate surface area is 211 Å². The molecule has 0 unspecified atom stereocenters. The van der Waals surface area contributed by atoms with Crippen molar-refractivity contribution in [2.45, 2.75) is 13.0 Å². The van der Waals surface area contributed by atoms with Crippen LogP contribution in [0.1, 0.15) is 22.8 Å². The van der Waals surface area contributed by atoms with E-state index in [9.17, 15) is 9.59 Å². The van der Waals surface area contributed by atoms with Crippen molar-refractivity contribution < 1.29 is 23.8 Å². The molecule has 1 N–H and O–H groups in total. The summed E-state index contributed by atoms with van der Waals surface area (Å²) in [4.78, 5) is 24.7. The molecule has 0 radical (unpaired) electrons. The van der Waals surface area contributed by atoms with Gasteiger partial charge in [-0.3, -0.25) is 4.79 Å². The maximum Gasteiger partial charge on any atom is 0.345 e. The summed E-state index contributed by atoms with van der Waals surface area (Å²) in [7, 11) is 1.43. The fourth-order valence-corrected chi connectivity index (χ4v) is 3.38. The van der Waals surface area contributed by atoms with Crippen LogP contribution >= 0.6 is 34.8 Å². The molecule has 1 amide bonds. The maximum atomic E-state index is 12.5. The first-order valence-corrected chi connectivity index (χ1v) is 11.0. The van der Waals surface area contributed by atoms with Gasteiger partial charge in [-0.15, -0.1) is 0 Å². The van der Waals surface area contributed by atoms with Crippen molar-refractivity contribution >= 4 is 52.9 Å². The summed E-state index contributed by atoms with van der Waals surface area (Å²) in [5.41, 5.74) is 3.15. The highest BCUT2D eigenvalue weighted by Crippen LogP contribution is 2.30. The Kier molecular flexibility index (Phi) is 8.76. The molecule has 0 heterocycles. The van der Waals surface area contributed by atoms with E-state index < -0.39 is 18.0 Å². The first-order chi connectivity index (χ1) is 16.3. The molecule has 3 aromatic rings. The first-order valence-electron chi connectivity index (χ1n) is 9.87. The zero-order chi connectivity index (χ0) is 24.7. The smallest absolute Gasteiger partial charge is 0.345 e. The van der Waals surface area contributed by atoms with Gasteiger partial charge >= 0.3 is 5.97 Å². The number of carbonyl (C=O) groups excluding carboxylic acids is 2. The van der Waals surface area contributed by atoms with Crippen LogP contribution in [0.5, 0.6) is 17.2 Å². The lowest BCUT2D eigenvalue weighted by Gasteiger charge is -2.13. The van der Waals surface area contributed by atoms with E-state index in [-0.39, 0.29) is 22.1 Å². The summed E-state index contributed by atoms with van der Waals surface area (Å²) < 4.78 is 16.3. The van der Waals surface area contributed by atoms with E-state index in [2.05, 4.69) is 10.5 Å². The Balaban J connectivity index is 1.62. The lowest BCUT2D eigenvalue weighted by atomic mass is 10.2. The number of methoxy groups -OCH3 is 1. The molecule has 0 saturated heterocycles. The number of hydrogen-bond donors (Lipinski definition) is 1. The van der Waals surface area contributed by atoms with Crippen molar-refractivity contribution in [3.05, 3.63) is 86.9 Å². The number of halogens is 3. The number of rotatable bonds is 8. The quantitative estimate of drug-likeness (QED) is 0.175. The second kappa shape index (κ2) is 11.7. The van der Waals surface area contributed by atoms with E-state index in [1.807, 2.05) is 0 Å². The number of benzene rings is 3. The predicted octanol–water partition coefficient (Wildman–Crippen LogP) is 5.79. The Morgan fingerprint density at radius 3 is 2.44 bits per heavy atom. The van der Waals surface area contributed by atoms with E-state index >= 15 is 0 Å². The van der Waals surface area contributed by atoms with Crippen LogP contribution in [0, 0.1) is 0 Å². The van der Waals surface area contributed by atoms with Crippen LogP contribution in [0.15, 0.2) is 65.8 Å². The van der Waals surface area contributed by atoms with Gasteiger partial charge in [-0.2, -0.15) is 5.10 Å². The molecular weight excluding hydrogens is 503 g/mol. The molecule has 0 aromatic heterocycles. The Hall–Kier alpha value is -3.26. The van der Waals surface area contributed by atoms with E-state index in [4.69, 9.17) is 49.0 Å². The highest BCUT2D eigenvalue weighted by Gasteiger charge is 2.17. The number of ether oxygens (including phenoxy) is 3. The van der Waals surface area contributed by atoms with Gasteiger partial charge in [-0.1, -0.05) is 40.9 Å². The van der Waals surface area contributed by atoms with Crippen LogP contribution < -0.4 is 19.6 Å². The second-order valence-electron chi connectivity index (χ2n) is 6.88. The van der Waals surface area contributed by atoms with Gasteiger partial charge in [0.15, 0.2) is 17.6 Å². The van der Waals surface area contributed by atoms with Crippen LogP contribution in [-0.2, 0) is 4.79 Å². The summed E-state index contributed by atoms with van der Waals surface area (Å²) >= 11 is 17.8. The summed E-state index contributed by atoms with van der Waals surface area (Å²) in [6.07, 6.45) is 0.611. The molecule has 3 rings (SSSR count). The highest BCUT2D eigenvalue weighted by atomic mass is 35.5. The molecule has 0 fully saturated rings. The number of amides is 1. The molecule has 0 bridgehead atoms. The number of hydrazone groups is 1. The van der Waals surface area contributed by atoms with Gasteiger partial charge in [0.25, 0.3) is 5.91 Å². The van der Waals surface area contributed by atoms with E-state index in [1.54, 1.807) is 43.3 Å². The van der Waals surface area contributed by atoms with E-state index in [0.29, 0.717) is 21.4 Å². The lowest BCUT2D eigenvalue weighted by molar-refractivity contribution is -0.127. The van der Waals surface area contributed by atoms with E-state index in [1.165, 1.54) is 37.6 Å². The summed E-state index contributed by atoms with van der Waals surface area (Å²) in [5, 5.41) is 5.01. The van der Waals surface area contributed by atoms with Crippen LogP contribution in [-0.4, -0.2) is 31.3 Å². The zero-order valence-corrected chi connectivity index (χ0v) is 20.3. The van der Waals surface area contributed by atoms with E-state index in [0.717, 1.165) is 0 Å². The molecule has 0 aliphatic rings. The molecule has 3 aromatic carbocycles. The third-order valence-corrected chi connectivity index (χ3v) is 5.19. The summed E-state index contributed by atoms with van der Waals surface area (Å²) in [6, 6.07) is 16.0. The third-order valence-electron chi connectivity index (χ3n) is 4.41. The van der Waals surface area contributed by atoms with Gasteiger partial charge in [0, 0.05) is 10.0 Å². The number of esters is 1. The number of carbonyl (C=O) groups is 2. The van der Waals surface area contributed by atoms with Crippen LogP contribution in [0.3, 0.4) is 0 Å². The Morgan fingerprint density at radius 1 is 0.971 bits per heavy atom. The maximum absolute atomic E-state index is 12.5. The largest absolute Gasteiger partial charge is 0.493 e. The summed E-state index contributed by atoms with van der Waals surface area (Å²) in [5.74, 6) is -0.181. The van der Waals surface area contributed by atoms with Crippen molar-refractivity contribution in [3.63, 3.8) is 0 Å². The summed E-state index contributed by atoms with van der Waals surface area (Å²) in [6.45, 7) is 1.59. The molecule has 10 heteroatoms. The van der Waals surface area contributed by atoms with Crippen LogP contribution in [0.25, 0.3) is 0 Å². The van der Waals surface area contributed by atoms with Gasteiger partial charge in [0.1, 0.15) is 5.75 Å². The van der Waals surface area contributed by atoms with Gasteiger partial charge in [-0.25, -0.2) is 10.2 Å². The number of nitrogens with one attached hydrogen (secondary N) is 1. The van der Waals surface area contributed by atoms with Crippen molar-refractivity contribution in [1.82, 2.24) is 5.43 Å². The first kappa shape index (κ1) is 25.4. The molecule has 176 valence electrons. The fourth-order valence-electron chi connectivity index (χ4n) is 2.72. The molecule has 0 aliphatic heterocycles. The number of hydrogen-bond acceptors (Lipinski definition) is 6. The standard InChI is InChI=1S/C24H19Cl3N2O5/c1-14(33-18-5-3-4-16(25)11-18)23(30)29-28-13-15-6-9-21(22(10-15)32-2)34-24(31)19-8-7-17(26)12-20(19)27/h3-14H,1-2H3,(H,29,30)/b28-13-/t14-/m1/s1. The molecule has 0 saturated carbocycles. The fraction of sp³-hybridized carbons (Fsp3) is 0.125. The minimum atomic E-state index is -0.799. The topological polar surface area (TPSA) is 86.2 Å². The van der Waals surface area contributed by atoms with Gasteiger partial charge in [0.05, 0.1) is 23.9 Å². The average molecular weight is 522 g/mol. The predicted molar refractivity (Wildman–Crippen MR) is 132 cm³/mol. The molecule has 0 spiro atoms. The zero-order valence-electron chi connectivity index (χ0n) is 18.1. The minimum absolute atomic E-state index is 0.163. The van der Waals surface area contributed by atoms with Gasteiger partial charge in [0.2, 0.25) is 0 Å². The van der Waals surface area contributed by atoms with Crippen molar-refractivity contribution in [2.24, 2.45) is 5.10 Å². The van der Waals surface area contributed by atoms with Gasteiger partial charge < -0.3 is 14.2 Å². The lowest BCUT2D eigenvalue weighted by Crippen LogP contribution is -2.33. The minimum Gasteiger partial charge on any atom is -0.493 e. The Morgan fingerprint density at radius 2 is 1.74 bits per heavy atom. The van der Waals surface area contributed by atoms with Gasteiger partial charge in [-0.05, 0) is 67.1 Å². The third kappa shape index (κ3) is 6.87.